The van der Waals surface area contributed by atoms with Crippen molar-refractivity contribution in [2.24, 2.45) is 0 Å². The van der Waals surface area contributed by atoms with Crippen molar-refractivity contribution >= 4 is 28.3 Å². The maximum atomic E-state index is 15.8. The summed E-state index contributed by atoms with van der Waals surface area (Å²) in [6.07, 6.45) is 6.47. The minimum Gasteiger partial charge on any atom is -0.383 e. The number of hydrogen-bond donors (Lipinski definition) is 1. The first-order chi connectivity index (χ1) is 18.9. The molecule has 4 rings (SSSR count). The van der Waals surface area contributed by atoms with Crippen LogP contribution in [0.4, 0.5) is 4.39 Å². The van der Waals surface area contributed by atoms with Gasteiger partial charge in [-0.25, -0.2) is 8.70 Å². The van der Waals surface area contributed by atoms with Gasteiger partial charge < -0.3 is 10.2 Å². The molecule has 214 valence electrons. The number of hydrogen-bond acceptors (Lipinski definition) is 4. The molecule has 0 amide bonds. The molecule has 2 fully saturated rings. The van der Waals surface area contributed by atoms with Gasteiger partial charge in [0.15, 0.2) is 5.67 Å². The quantitative estimate of drug-likeness (QED) is 0.230. The Kier molecular flexibility index (Phi) is 12.8. The number of aryl methyl sites for hydroxylation is 1. The number of nitrogens with one attached hydrogen (secondary N) is 1. The molecule has 39 heavy (non-hydrogen) atoms. The van der Waals surface area contributed by atoms with Crippen molar-refractivity contribution in [2.45, 2.75) is 68.7 Å². The molecular formula is C33H48FN3S2. The predicted octanol–water partition coefficient (Wildman–Crippen LogP) is 8.17. The molecule has 0 radical (unpaired) electrons. The summed E-state index contributed by atoms with van der Waals surface area (Å²) in [7, 11) is 2.21. The lowest BCUT2D eigenvalue weighted by atomic mass is 9.91. The third-order valence-electron chi connectivity index (χ3n) is 7.61. The maximum Gasteiger partial charge on any atom is 0.152 e. The normalized spacial score (nSPS) is 19.3. The van der Waals surface area contributed by atoms with E-state index in [2.05, 4.69) is 101 Å². The van der Waals surface area contributed by atoms with E-state index in [-0.39, 0.29) is 10.5 Å². The molecule has 2 heterocycles. The molecular weight excluding hydrogens is 522 g/mol. The van der Waals surface area contributed by atoms with E-state index in [0.29, 0.717) is 43.4 Å². The molecule has 1 N–H and O–H groups in total. The molecule has 0 spiro atoms. The van der Waals surface area contributed by atoms with Gasteiger partial charge >= 0.3 is 0 Å². The highest BCUT2D eigenvalue weighted by Crippen LogP contribution is 2.39. The SMILES string of the molecule is C=C(NC/C=C/S(=C)C1CCN(C)CC1)C1(F)CCN(Sc2ccccc2-c2cccc(CC)c2)CC1.CC. The standard InChI is InChI=1S/C31H42FN3S2.C2H6/c1-5-26-10-8-11-27(24-26)29-12-6-7-13-30(29)36-35-21-16-31(32,17-22-35)25(2)33-18-9-23-37(4)28-14-19-34(3)20-15-28;1-2/h6-13,23-24,28,33H,2,4-5,14-22H2,1,3H3;1-2H3/b23-9+;. The summed E-state index contributed by atoms with van der Waals surface area (Å²) in [4.78, 5) is 3.61. The second-order valence-corrected chi connectivity index (χ2v) is 13.3. The Hall–Kier alpha value is -1.86. The number of rotatable bonds is 10. The Morgan fingerprint density at radius 2 is 1.79 bits per heavy atom. The number of allylic oxidation sites excluding steroid dienone is 1. The fourth-order valence-electron chi connectivity index (χ4n) is 5.03. The first-order valence-electron chi connectivity index (χ1n) is 14.5. The van der Waals surface area contributed by atoms with Crippen LogP contribution in [0.5, 0.6) is 0 Å². The highest BCUT2D eigenvalue weighted by molar-refractivity contribution is 8.17. The van der Waals surface area contributed by atoms with Gasteiger partial charge in [0.1, 0.15) is 0 Å². The molecule has 1 atom stereocenters. The molecule has 2 aromatic rings. The molecule has 0 aromatic heterocycles. The average Bonchev–Trinajstić information content (AvgIpc) is 2.98. The smallest absolute Gasteiger partial charge is 0.152 e. The predicted molar refractivity (Wildman–Crippen MR) is 175 cm³/mol. The molecule has 2 saturated heterocycles. The second kappa shape index (κ2) is 15.8. The van der Waals surface area contributed by atoms with Crippen molar-refractivity contribution < 1.29 is 4.39 Å². The van der Waals surface area contributed by atoms with E-state index in [0.717, 1.165) is 19.5 Å². The Labute approximate surface area is 244 Å². The van der Waals surface area contributed by atoms with Crippen molar-refractivity contribution in [3.05, 3.63) is 77.9 Å². The van der Waals surface area contributed by atoms with Crippen molar-refractivity contribution in [1.29, 1.82) is 0 Å². The summed E-state index contributed by atoms with van der Waals surface area (Å²) >= 11 is 1.75. The highest BCUT2D eigenvalue weighted by Gasteiger charge is 2.37. The number of halogens is 1. The third kappa shape index (κ3) is 9.07. The van der Waals surface area contributed by atoms with Crippen LogP contribution in [0.2, 0.25) is 0 Å². The van der Waals surface area contributed by atoms with Gasteiger partial charge in [-0.1, -0.05) is 81.8 Å². The summed E-state index contributed by atoms with van der Waals surface area (Å²) in [5.41, 5.74) is 2.97. The molecule has 3 nitrogen and oxygen atoms in total. The molecule has 0 bridgehead atoms. The number of piperidine rings is 2. The Morgan fingerprint density at radius 3 is 2.49 bits per heavy atom. The average molecular weight is 570 g/mol. The summed E-state index contributed by atoms with van der Waals surface area (Å²) in [5, 5.41) is 6.14. The van der Waals surface area contributed by atoms with Crippen LogP contribution in [0.1, 0.15) is 52.0 Å². The number of likely N-dealkylation sites (tertiary alicyclic amines) is 1. The van der Waals surface area contributed by atoms with Crippen LogP contribution in [-0.2, 0) is 6.42 Å². The summed E-state index contributed by atoms with van der Waals surface area (Å²) in [5.74, 6) is 4.37. The number of nitrogens with zero attached hydrogens (tertiary/aromatic N) is 2. The van der Waals surface area contributed by atoms with Crippen LogP contribution in [-0.4, -0.2) is 65.8 Å². The minimum atomic E-state index is -1.36. The fourth-order valence-corrected chi connectivity index (χ4v) is 7.48. The maximum absolute atomic E-state index is 15.8. The van der Waals surface area contributed by atoms with Gasteiger partial charge in [0, 0.05) is 48.3 Å². The highest BCUT2D eigenvalue weighted by atomic mass is 32.2. The topological polar surface area (TPSA) is 18.5 Å². The second-order valence-electron chi connectivity index (χ2n) is 10.2. The Bertz CT molecular complexity index is 1100. The van der Waals surface area contributed by atoms with Gasteiger partial charge in [-0.15, -0.1) is 0 Å². The van der Waals surface area contributed by atoms with E-state index < -0.39 is 5.67 Å². The molecule has 2 aromatic carbocycles. The van der Waals surface area contributed by atoms with Crippen LogP contribution in [0.3, 0.4) is 0 Å². The Balaban J connectivity index is 0.00000205. The zero-order chi connectivity index (χ0) is 28.3. The first-order valence-corrected chi connectivity index (χ1v) is 16.8. The van der Waals surface area contributed by atoms with Crippen LogP contribution in [0, 0.1) is 0 Å². The van der Waals surface area contributed by atoms with Gasteiger partial charge in [0.2, 0.25) is 0 Å². The zero-order valence-corrected chi connectivity index (χ0v) is 26.1. The van der Waals surface area contributed by atoms with E-state index in [1.807, 2.05) is 13.8 Å². The minimum absolute atomic E-state index is 0.0263. The van der Waals surface area contributed by atoms with Gasteiger partial charge in [-0.2, -0.15) is 10.5 Å². The van der Waals surface area contributed by atoms with Crippen LogP contribution in [0.25, 0.3) is 11.1 Å². The molecule has 6 heteroatoms. The Morgan fingerprint density at radius 1 is 1.10 bits per heavy atom. The fraction of sp³-hybridized carbons (Fsp3) is 0.485. The van der Waals surface area contributed by atoms with E-state index in [1.54, 1.807) is 11.9 Å². The van der Waals surface area contributed by atoms with E-state index in [4.69, 9.17) is 0 Å². The van der Waals surface area contributed by atoms with Gasteiger partial charge in [-0.3, -0.25) is 0 Å². The van der Waals surface area contributed by atoms with Crippen molar-refractivity contribution in [1.82, 2.24) is 14.5 Å². The van der Waals surface area contributed by atoms with Gasteiger partial charge in [-0.05, 0) is 79.5 Å². The van der Waals surface area contributed by atoms with Crippen molar-refractivity contribution in [3.63, 3.8) is 0 Å². The van der Waals surface area contributed by atoms with Crippen LogP contribution in [0.15, 0.2) is 77.2 Å². The molecule has 2 aliphatic heterocycles. The zero-order valence-electron chi connectivity index (χ0n) is 24.4. The first kappa shape index (κ1) is 31.7. The van der Waals surface area contributed by atoms with Crippen molar-refractivity contribution in [3.8, 4) is 11.1 Å². The number of benzene rings is 2. The lowest BCUT2D eigenvalue weighted by Gasteiger charge is -2.37. The molecule has 1 unspecified atom stereocenters. The summed E-state index contributed by atoms with van der Waals surface area (Å²) in [6, 6.07) is 17.3. The summed E-state index contributed by atoms with van der Waals surface area (Å²) in [6.45, 7) is 14.6. The van der Waals surface area contributed by atoms with E-state index >= 15 is 4.39 Å². The van der Waals surface area contributed by atoms with Crippen molar-refractivity contribution in [2.75, 3.05) is 39.8 Å². The lowest BCUT2D eigenvalue weighted by Crippen LogP contribution is -2.43. The van der Waals surface area contributed by atoms with Crippen LogP contribution < -0.4 is 5.32 Å². The molecule has 0 aliphatic carbocycles. The molecule has 0 saturated carbocycles. The van der Waals surface area contributed by atoms with Crippen LogP contribution >= 0.6 is 22.4 Å². The van der Waals surface area contributed by atoms with Gasteiger partial charge in [0.25, 0.3) is 0 Å². The number of alkyl halides is 1. The summed E-state index contributed by atoms with van der Waals surface area (Å²) < 4.78 is 18.1. The largest absolute Gasteiger partial charge is 0.383 e. The van der Waals surface area contributed by atoms with E-state index in [1.165, 1.54) is 34.4 Å². The van der Waals surface area contributed by atoms with E-state index in [9.17, 15) is 0 Å². The molecule has 2 aliphatic rings. The third-order valence-corrected chi connectivity index (χ3v) is 10.7. The monoisotopic (exact) mass is 569 g/mol. The van der Waals surface area contributed by atoms with Gasteiger partial charge in [0.05, 0.1) is 0 Å². The lowest BCUT2D eigenvalue weighted by molar-refractivity contribution is 0.123.